The van der Waals surface area contributed by atoms with Gasteiger partial charge in [-0.2, -0.15) is 0 Å². The second kappa shape index (κ2) is 5.47. The summed E-state index contributed by atoms with van der Waals surface area (Å²) in [4.78, 5) is 0. The molecule has 3 N–H and O–H groups in total. The first-order chi connectivity index (χ1) is 6.90. The normalized spacial score (nSPS) is 13.1. The molecule has 0 radical (unpaired) electrons. The Morgan fingerprint density at radius 3 is 2.38 bits per heavy atom. The van der Waals surface area contributed by atoms with Crippen LogP contribution in [0.5, 0.6) is 0 Å². The van der Waals surface area contributed by atoms with Crippen molar-refractivity contribution in [1.82, 2.24) is 0 Å². The summed E-state index contributed by atoms with van der Waals surface area (Å²) in [5.41, 5.74) is 4.38. The van der Waals surface area contributed by atoms with Gasteiger partial charge >= 0.3 is 0 Å². The smallest absolute Gasteiger partial charge is 0.289 e. The molecule has 0 aliphatic rings. The fourth-order valence-electron chi connectivity index (χ4n) is 1.09. The first-order valence-corrected chi connectivity index (χ1v) is 4.08. The lowest BCUT2D eigenvalue weighted by molar-refractivity contribution is -0.0719. The van der Waals surface area contributed by atoms with Crippen LogP contribution in [0.15, 0.2) is 18.2 Å². The van der Waals surface area contributed by atoms with Gasteiger partial charge in [0.2, 0.25) is 0 Å². The molecule has 1 atom stereocenters. The third-order valence-electron chi connectivity index (χ3n) is 1.98. The molecule has 0 saturated carbocycles. The minimum atomic E-state index is -3.69. The molecule has 92 valence electrons. The number of rotatable bonds is 3. The van der Waals surface area contributed by atoms with Gasteiger partial charge in [0, 0.05) is 5.56 Å². The van der Waals surface area contributed by atoms with Gasteiger partial charge in [0.05, 0.1) is 6.04 Å². The minimum absolute atomic E-state index is 0. The van der Waals surface area contributed by atoms with Crippen LogP contribution in [-0.2, 0) is 0 Å². The largest absolute Gasteiger partial charge is 0.390 e. The molecular weight excluding hydrogens is 250 g/mol. The highest BCUT2D eigenvalue weighted by Crippen LogP contribution is 2.30. The van der Waals surface area contributed by atoms with Gasteiger partial charge in [0.15, 0.2) is 11.6 Å². The van der Waals surface area contributed by atoms with E-state index in [1.165, 1.54) is 0 Å². The third kappa shape index (κ3) is 2.84. The fraction of sp³-hybridized carbons (Fsp3) is 0.333. The van der Waals surface area contributed by atoms with Gasteiger partial charge in [-0.05, 0) is 6.07 Å². The van der Waals surface area contributed by atoms with Crippen LogP contribution in [0.25, 0.3) is 0 Å². The third-order valence-corrected chi connectivity index (χ3v) is 1.98. The van der Waals surface area contributed by atoms with E-state index in [4.69, 9.17) is 10.8 Å². The summed E-state index contributed by atoms with van der Waals surface area (Å²) in [5, 5.41) is 8.34. The van der Waals surface area contributed by atoms with Crippen molar-refractivity contribution < 1.29 is 22.7 Å². The molecule has 0 heterocycles. The maximum Gasteiger partial charge on any atom is 0.289 e. The van der Waals surface area contributed by atoms with Crippen LogP contribution in [0.4, 0.5) is 17.6 Å². The van der Waals surface area contributed by atoms with Crippen molar-refractivity contribution >= 4 is 12.4 Å². The Morgan fingerprint density at radius 2 is 1.88 bits per heavy atom. The Hall–Kier alpha value is -0.850. The number of aliphatic hydroxyl groups excluding tert-OH is 1. The lowest BCUT2D eigenvalue weighted by atomic mass is 10.0. The molecule has 1 rings (SSSR count). The molecule has 0 fully saturated rings. The summed E-state index contributed by atoms with van der Waals surface area (Å²) in [6.07, 6.45) is 0. The lowest BCUT2D eigenvalue weighted by Gasteiger charge is -2.21. The first-order valence-electron chi connectivity index (χ1n) is 4.08. The van der Waals surface area contributed by atoms with Crippen molar-refractivity contribution in [3.63, 3.8) is 0 Å². The average Bonchev–Trinajstić information content (AvgIpc) is 2.21. The van der Waals surface area contributed by atoms with Crippen LogP contribution < -0.4 is 5.73 Å². The van der Waals surface area contributed by atoms with Gasteiger partial charge in [-0.1, -0.05) is 12.1 Å². The van der Waals surface area contributed by atoms with Gasteiger partial charge in [0.25, 0.3) is 5.92 Å². The highest BCUT2D eigenvalue weighted by Gasteiger charge is 2.39. The quantitative estimate of drug-likeness (QED) is 0.816. The average molecular weight is 260 g/mol. The Labute approximate surface area is 95.5 Å². The van der Waals surface area contributed by atoms with Gasteiger partial charge in [-0.25, -0.2) is 17.6 Å². The molecule has 7 heteroatoms. The molecule has 0 saturated heterocycles. The molecule has 0 spiro atoms. The summed E-state index contributed by atoms with van der Waals surface area (Å²) in [6, 6.07) is 0.745. The van der Waals surface area contributed by atoms with Gasteiger partial charge < -0.3 is 10.8 Å². The Morgan fingerprint density at radius 1 is 1.31 bits per heavy atom. The Bertz CT molecular complexity index is 361. The van der Waals surface area contributed by atoms with E-state index in [1.54, 1.807) is 0 Å². The zero-order valence-electron chi connectivity index (χ0n) is 7.96. The van der Waals surface area contributed by atoms with Crippen LogP contribution in [0.3, 0.4) is 0 Å². The number of aliphatic hydroxyl groups is 1. The van der Waals surface area contributed by atoms with Crippen molar-refractivity contribution in [2.45, 2.75) is 12.0 Å². The first kappa shape index (κ1) is 15.2. The second-order valence-corrected chi connectivity index (χ2v) is 3.04. The maximum absolute atomic E-state index is 13.0. The van der Waals surface area contributed by atoms with Gasteiger partial charge in [0.1, 0.15) is 6.61 Å². The summed E-state index contributed by atoms with van der Waals surface area (Å²) in [6.45, 7) is -1.52. The van der Waals surface area contributed by atoms with Gasteiger partial charge in [-0.15, -0.1) is 12.4 Å². The molecule has 2 nitrogen and oxygen atoms in total. The molecule has 0 aliphatic carbocycles. The summed E-state index contributed by atoms with van der Waals surface area (Å²) in [5.74, 6) is -6.36. The topological polar surface area (TPSA) is 46.2 Å². The predicted octanol–water partition coefficient (Wildman–Crippen LogP) is 2.01. The van der Waals surface area contributed by atoms with E-state index in [0.29, 0.717) is 0 Å². The molecule has 0 unspecified atom stereocenters. The molecule has 0 aromatic heterocycles. The molecular formula is C9H10ClF4NO. The Kier molecular flexibility index (Phi) is 5.18. The van der Waals surface area contributed by atoms with Crippen LogP contribution in [0.2, 0.25) is 0 Å². The minimum Gasteiger partial charge on any atom is -0.390 e. The van der Waals surface area contributed by atoms with Crippen LogP contribution in [0.1, 0.15) is 11.6 Å². The molecule has 1 aromatic rings. The van der Waals surface area contributed by atoms with E-state index in [0.717, 1.165) is 18.2 Å². The monoisotopic (exact) mass is 259 g/mol. The van der Waals surface area contributed by atoms with Gasteiger partial charge in [-0.3, -0.25) is 0 Å². The summed E-state index contributed by atoms with van der Waals surface area (Å²) in [7, 11) is 0. The standard InChI is InChI=1S/C9H9F4NO.ClH/c10-6-3-1-2-5(7(6)11)8(14)9(12,13)4-15;/h1-3,8,15H,4,14H2;1H/t8-;/m1./s1. The van der Waals surface area contributed by atoms with Crippen LogP contribution in [-0.4, -0.2) is 17.6 Å². The van der Waals surface area contributed by atoms with Crippen molar-refractivity contribution in [3.8, 4) is 0 Å². The zero-order valence-corrected chi connectivity index (χ0v) is 8.78. The number of halogens is 5. The van der Waals surface area contributed by atoms with Crippen molar-refractivity contribution in [2.24, 2.45) is 5.73 Å². The molecule has 16 heavy (non-hydrogen) atoms. The molecule has 1 aromatic carbocycles. The lowest BCUT2D eigenvalue weighted by Crippen LogP contribution is -2.36. The summed E-state index contributed by atoms with van der Waals surface area (Å²) >= 11 is 0. The molecule has 0 amide bonds. The van der Waals surface area contributed by atoms with Crippen LogP contribution >= 0.6 is 12.4 Å². The number of benzene rings is 1. The van der Waals surface area contributed by atoms with E-state index in [9.17, 15) is 17.6 Å². The maximum atomic E-state index is 13.0. The molecule has 0 aliphatic heterocycles. The zero-order chi connectivity index (χ0) is 11.6. The number of nitrogens with two attached hydrogens (primary N) is 1. The number of alkyl halides is 2. The Balaban J connectivity index is 0.00000225. The number of hydrogen-bond acceptors (Lipinski definition) is 2. The summed E-state index contributed by atoms with van der Waals surface area (Å²) < 4.78 is 51.5. The van der Waals surface area contributed by atoms with E-state index < -0.39 is 35.8 Å². The van der Waals surface area contributed by atoms with E-state index in [-0.39, 0.29) is 12.4 Å². The predicted molar refractivity (Wildman–Crippen MR) is 52.6 cm³/mol. The highest BCUT2D eigenvalue weighted by molar-refractivity contribution is 5.85. The second-order valence-electron chi connectivity index (χ2n) is 3.04. The number of hydrogen-bond donors (Lipinski definition) is 2. The highest BCUT2D eigenvalue weighted by atomic mass is 35.5. The van der Waals surface area contributed by atoms with Crippen molar-refractivity contribution in [3.05, 3.63) is 35.4 Å². The SMILES string of the molecule is Cl.N[C@H](c1cccc(F)c1F)C(F)(F)CO. The molecule has 0 bridgehead atoms. The fourth-order valence-corrected chi connectivity index (χ4v) is 1.09. The van der Waals surface area contributed by atoms with Crippen molar-refractivity contribution in [2.75, 3.05) is 6.61 Å². The van der Waals surface area contributed by atoms with E-state index in [2.05, 4.69) is 0 Å². The van der Waals surface area contributed by atoms with E-state index >= 15 is 0 Å². The van der Waals surface area contributed by atoms with E-state index in [1.807, 2.05) is 0 Å². The van der Waals surface area contributed by atoms with Crippen LogP contribution in [0, 0.1) is 11.6 Å². The van der Waals surface area contributed by atoms with Crippen molar-refractivity contribution in [1.29, 1.82) is 0 Å².